The molecule has 0 fully saturated rings. The summed E-state index contributed by atoms with van der Waals surface area (Å²) in [7, 11) is -4.35. The maximum absolute atomic E-state index is 15.2. The Balaban J connectivity index is 1.80. The van der Waals surface area contributed by atoms with Crippen LogP contribution in [0, 0.1) is 17.1 Å². The maximum atomic E-state index is 15.2. The van der Waals surface area contributed by atoms with Crippen molar-refractivity contribution in [3.63, 3.8) is 0 Å². The Morgan fingerprint density at radius 2 is 1.82 bits per heavy atom. The van der Waals surface area contributed by atoms with Gasteiger partial charge in [0.2, 0.25) is 5.91 Å². The third kappa shape index (κ3) is 6.53. The van der Waals surface area contributed by atoms with E-state index in [2.05, 4.69) is 5.32 Å². The van der Waals surface area contributed by atoms with E-state index in [4.69, 9.17) is 50.6 Å². The lowest BCUT2D eigenvalue weighted by Gasteiger charge is -2.17. The van der Waals surface area contributed by atoms with Crippen LogP contribution in [0.4, 0.5) is 10.1 Å². The third-order valence-electron chi connectivity index (χ3n) is 5.02. The van der Waals surface area contributed by atoms with Gasteiger partial charge in [0.1, 0.15) is 5.75 Å². The number of hydrazine groups is 1. The molecule has 0 radical (unpaired) electrons. The van der Waals surface area contributed by atoms with Gasteiger partial charge < -0.3 is 10.1 Å². The summed E-state index contributed by atoms with van der Waals surface area (Å²) in [5.74, 6) is 2.67. The second kappa shape index (κ2) is 12.0. The van der Waals surface area contributed by atoms with Gasteiger partial charge in [-0.05, 0) is 42.5 Å². The van der Waals surface area contributed by atoms with Crippen LogP contribution in [0.15, 0.2) is 53.4 Å². The lowest BCUT2D eigenvalue weighted by atomic mass is 10.1. The number of benzene rings is 3. The second-order valence-corrected chi connectivity index (χ2v) is 10.7. The normalized spacial score (nSPS) is 11.0. The number of hydrogen-bond donors (Lipinski definition) is 2. The van der Waals surface area contributed by atoms with Crippen LogP contribution in [0.25, 0.3) is 0 Å². The highest BCUT2D eigenvalue weighted by Crippen LogP contribution is 2.35. The maximum Gasteiger partial charge on any atom is 0.280 e. The molecule has 0 atom stereocenters. The first kappa shape index (κ1) is 29.2. The van der Waals surface area contributed by atoms with E-state index in [9.17, 15) is 18.0 Å². The van der Waals surface area contributed by atoms with Crippen LogP contribution >= 0.6 is 34.8 Å². The summed E-state index contributed by atoms with van der Waals surface area (Å²) < 4.78 is 45.8. The van der Waals surface area contributed by atoms with Gasteiger partial charge in [0.25, 0.3) is 15.9 Å². The van der Waals surface area contributed by atoms with Gasteiger partial charge in [-0.15, -0.1) is 0 Å². The number of nitrogens with two attached hydrogens (primary N) is 1. The highest BCUT2D eigenvalue weighted by molar-refractivity contribution is 7.89. The molecule has 9 nitrogen and oxygen atoms in total. The smallest absolute Gasteiger partial charge is 0.280 e. The Morgan fingerprint density at radius 1 is 1.11 bits per heavy atom. The fraction of sp³-hybridized carbons (Fsp3) is 0.125. The average molecular weight is 600 g/mol. The average Bonchev–Trinajstić information content (AvgIpc) is 2.87. The largest absolute Gasteiger partial charge is 0.453 e. The van der Waals surface area contributed by atoms with Crippen molar-refractivity contribution in [2.45, 2.75) is 24.7 Å². The van der Waals surface area contributed by atoms with Gasteiger partial charge in [0.05, 0.1) is 38.7 Å². The number of anilines is 1. The molecular formula is C24H18Cl3FN4O5S. The zero-order valence-corrected chi connectivity index (χ0v) is 22.6. The molecule has 2 amide bonds. The minimum atomic E-state index is -4.35. The SMILES string of the molecule is CCC(=O)N(N)S(=O)(=O)c1ccc(NC(=O)Cc2ccc(Cl)c(Oc3cc(Cl)cc(C#N)c3)c2F)c(Cl)c1. The van der Waals surface area contributed by atoms with E-state index in [0.29, 0.717) is 0 Å². The summed E-state index contributed by atoms with van der Waals surface area (Å²) in [4.78, 5) is 24.0. The van der Waals surface area contributed by atoms with Gasteiger partial charge in [-0.3, -0.25) is 9.59 Å². The van der Waals surface area contributed by atoms with Gasteiger partial charge in [0, 0.05) is 17.0 Å². The van der Waals surface area contributed by atoms with Crippen molar-refractivity contribution in [2.24, 2.45) is 5.84 Å². The molecule has 3 N–H and O–H groups in total. The fourth-order valence-electron chi connectivity index (χ4n) is 3.14. The molecule has 0 unspecified atom stereocenters. The summed E-state index contributed by atoms with van der Waals surface area (Å²) >= 11 is 18.2. The van der Waals surface area contributed by atoms with Crippen molar-refractivity contribution in [2.75, 3.05) is 5.32 Å². The third-order valence-corrected chi connectivity index (χ3v) is 7.42. The number of hydrogen-bond acceptors (Lipinski definition) is 7. The highest BCUT2D eigenvalue weighted by atomic mass is 35.5. The number of halogens is 4. The molecule has 0 aromatic heterocycles. The molecule has 0 saturated carbocycles. The van der Waals surface area contributed by atoms with Gasteiger partial charge >= 0.3 is 0 Å². The van der Waals surface area contributed by atoms with Crippen LogP contribution in [0.5, 0.6) is 11.5 Å². The van der Waals surface area contributed by atoms with Gasteiger partial charge in [0.15, 0.2) is 11.6 Å². The monoisotopic (exact) mass is 598 g/mol. The van der Waals surface area contributed by atoms with E-state index in [1.165, 1.54) is 43.3 Å². The number of carbonyl (C=O) groups excluding carboxylic acids is 2. The topological polar surface area (TPSA) is 143 Å². The van der Waals surface area contributed by atoms with Crippen molar-refractivity contribution in [1.29, 1.82) is 5.26 Å². The van der Waals surface area contributed by atoms with Crippen LogP contribution in [0.3, 0.4) is 0 Å². The van der Waals surface area contributed by atoms with E-state index in [1.54, 1.807) is 0 Å². The number of nitriles is 1. The standard InChI is InChI=1S/C24H18Cl3FN4O5S/c1-2-22(34)32(30)38(35,36)17-4-6-20(19(27)11-17)31-21(33)9-14-3-5-18(26)24(23(14)28)37-16-8-13(12-29)7-15(25)10-16/h3-8,10-11H,2,9,30H2,1H3,(H,31,33). The molecule has 0 saturated heterocycles. The quantitative estimate of drug-likeness (QED) is 0.200. The Kier molecular flexibility index (Phi) is 9.19. The van der Waals surface area contributed by atoms with Gasteiger partial charge in [-0.2, -0.15) is 18.1 Å². The van der Waals surface area contributed by atoms with Crippen LogP contribution in [0.1, 0.15) is 24.5 Å². The molecule has 198 valence electrons. The molecule has 0 bridgehead atoms. The number of nitrogens with one attached hydrogen (secondary N) is 1. The minimum absolute atomic E-state index is 0.0369. The summed E-state index contributed by atoms with van der Waals surface area (Å²) in [5.41, 5.74) is 0.151. The van der Waals surface area contributed by atoms with Gasteiger partial charge in [-0.25, -0.2) is 10.2 Å². The van der Waals surface area contributed by atoms with E-state index in [0.717, 1.165) is 12.1 Å². The molecule has 3 aromatic carbocycles. The number of rotatable bonds is 8. The summed E-state index contributed by atoms with van der Waals surface area (Å²) in [6.07, 6.45) is -0.595. The predicted octanol–water partition coefficient (Wildman–Crippen LogP) is 5.43. The first-order chi connectivity index (χ1) is 17.9. The number of amides is 2. The Bertz CT molecular complexity index is 1580. The van der Waals surface area contributed by atoms with Crippen molar-refractivity contribution in [3.05, 3.63) is 80.5 Å². The zero-order chi connectivity index (χ0) is 28.2. The van der Waals surface area contributed by atoms with Crippen molar-refractivity contribution in [1.82, 2.24) is 4.41 Å². The lowest BCUT2D eigenvalue weighted by Crippen LogP contribution is -2.42. The van der Waals surface area contributed by atoms with E-state index in [-0.39, 0.29) is 59.1 Å². The number of nitrogens with zero attached hydrogens (tertiary/aromatic N) is 2. The Labute approximate surface area is 232 Å². The van der Waals surface area contributed by atoms with Crippen molar-refractivity contribution < 1.29 is 27.1 Å². The van der Waals surface area contributed by atoms with Crippen LogP contribution in [-0.4, -0.2) is 24.6 Å². The molecule has 0 aliphatic carbocycles. The number of carbonyl (C=O) groups is 2. The van der Waals surface area contributed by atoms with Crippen molar-refractivity contribution in [3.8, 4) is 17.6 Å². The fourth-order valence-corrected chi connectivity index (χ4v) is 4.97. The number of sulfonamides is 1. The first-order valence-electron chi connectivity index (χ1n) is 10.6. The summed E-state index contributed by atoms with van der Waals surface area (Å²) in [6.45, 7) is 1.45. The van der Waals surface area contributed by atoms with E-state index < -0.39 is 34.1 Å². The Morgan fingerprint density at radius 3 is 2.45 bits per heavy atom. The predicted molar refractivity (Wildman–Crippen MR) is 140 cm³/mol. The number of ether oxygens (including phenoxy) is 1. The van der Waals surface area contributed by atoms with E-state index in [1.807, 2.05) is 6.07 Å². The zero-order valence-electron chi connectivity index (χ0n) is 19.5. The lowest BCUT2D eigenvalue weighted by molar-refractivity contribution is -0.126. The molecule has 3 aromatic rings. The summed E-state index contributed by atoms with van der Waals surface area (Å²) in [6, 6.07) is 12.0. The highest BCUT2D eigenvalue weighted by Gasteiger charge is 2.26. The molecule has 0 heterocycles. The molecule has 38 heavy (non-hydrogen) atoms. The Hall–Kier alpha value is -3.40. The second-order valence-electron chi connectivity index (χ2n) is 7.65. The van der Waals surface area contributed by atoms with Crippen molar-refractivity contribution >= 4 is 62.3 Å². The molecule has 14 heteroatoms. The van der Waals surface area contributed by atoms with E-state index >= 15 is 4.39 Å². The first-order valence-corrected chi connectivity index (χ1v) is 13.2. The van der Waals surface area contributed by atoms with Gasteiger partial charge in [-0.1, -0.05) is 47.8 Å². The summed E-state index contributed by atoms with van der Waals surface area (Å²) in [5, 5.41) is 11.5. The molecule has 0 aliphatic heterocycles. The molecule has 0 spiro atoms. The minimum Gasteiger partial charge on any atom is -0.453 e. The van der Waals surface area contributed by atoms with Crippen LogP contribution in [-0.2, 0) is 26.0 Å². The molecule has 0 aliphatic rings. The molecule has 3 rings (SSSR count). The van der Waals surface area contributed by atoms with Crippen LogP contribution < -0.4 is 15.9 Å². The molecular weight excluding hydrogens is 582 g/mol. The van der Waals surface area contributed by atoms with Crippen LogP contribution in [0.2, 0.25) is 15.1 Å².